The molecule has 0 unspecified atom stereocenters. The molecule has 0 saturated carbocycles. The van der Waals surface area contributed by atoms with Crippen LogP contribution in [0.15, 0.2) is 49.1 Å². The number of nitrogens with zero attached hydrogens (tertiary/aromatic N) is 4. The second kappa shape index (κ2) is 10.6. The second-order valence-corrected chi connectivity index (χ2v) is 6.06. The second-order valence-electron chi connectivity index (χ2n) is 5.80. The van der Waals surface area contributed by atoms with Crippen LogP contribution < -0.4 is 21.1 Å². The summed E-state index contributed by atoms with van der Waals surface area (Å²) in [5.74, 6) is 5.87. The number of carbonyl (C=O) groups is 1. The summed E-state index contributed by atoms with van der Waals surface area (Å²) in [6.45, 7) is 0.559. The first-order chi connectivity index (χ1) is 14.7. The summed E-state index contributed by atoms with van der Waals surface area (Å²) in [6, 6.07) is 7.04. The number of hydrogen-bond acceptors (Lipinski definition) is 8. The smallest absolute Gasteiger partial charge is 0.275 e. The van der Waals surface area contributed by atoms with Crippen LogP contribution in [-0.4, -0.2) is 38.3 Å². The maximum atomic E-state index is 12.4. The van der Waals surface area contributed by atoms with Crippen LogP contribution in [0, 0.1) is 11.8 Å². The van der Waals surface area contributed by atoms with Gasteiger partial charge in [-0.15, -0.1) is 11.6 Å². The lowest BCUT2D eigenvalue weighted by molar-refractivity contribution is 0.102. The van der Waals surface area contributed by atoms with Crippen molar-refractivity contribution in [3.63, 3.8) is 0 Å². The van der Waals surface area contributed by atoms with Crippen LogP contribution in [0.2, 0.25) is 0 Å². The number of pyridine rings is 2. The lowest BCUT2D eigenvalue weighted by Gasteiger charge is -2.09. The molecule has 10 heteroatoms. The van der Waals surface area contributed by atoms with Gasteiger partial charge in [0.2, 0.25) is 5.88 Å². The maximum absolute atomic E-state index is 12.4. The number of carbonyl (C=O) groups excluding carboxylic acids is 1. The molecule has 9 nitrogen and oxygen atoms in total. The number of nitrogen functional groups attached to an aromatic ring is 1. The Morgan fingerprint density at radius 1 is 1.13 bits per heavy atom. The number of alkyl halides is 1. The Hall–Kier alpha value is -3.90. The third kappa shape index (κ3) is 6.05. The number of halogens is 1. The van der Waals surface area contributed by atoms with E-state index in [1.165, 1.54) is 12.4 Å². The van der Waals surface area contributed by atoms with Gasteiger partial charge in [-0.2, -0.15) is 0 Å². The van der Waals surface area contributed by atoms with Gasteiger partial charge in [-0.3, -0.25) is 9.78 Å². The number of nitrogens with two attached hydrogens (primary N) is 1. The van der Waals surface area contributed by atoms with E-state index in [9.17, 15) is 4.79 Å². The van der Waals surface area contributed by atoms with Crippen molar-refractivity contribution >= 4 is 34.7 Å². The molecule has 3 rings (SSSR count). The Morgan fingerprint density at radius 3 is 2.80 bits per heavy atom. The molecular weight excluding hydrogens is 406 g/mol. The van der Waals surface area contributed by atoms with Crippen LogP contribution in [0.25, 0.3) is 0 Å². The number of rotatable bonds is 7. The minimum absolute atomic E-state index is 0.144. The Labute approximate surface area is 178 Å². The molecule has 3 heterocycles. The van der Waals surface area contributed by atoms with Gasteiger partial charge in [-0.25, -0.2) is 15.0 Å². The van der Waals surface area contributed by atoms with E-state index in [1.807, 2.05) is 6.07 Å². The van der Waals surface area contributed by atoms with Crippen molar-refractivity contribution in [3.8, 4) is 17.7 Å². The van der Waals surface area contributed by atoms with Crippen LogP contribution >= 0.6 is 11.6 Å². The van der Waals surface area contributed by atoms with Gasteiger partial charge in [0, 0.05) is 18.1 Å². The van der Waals surface area contributed by atoms with E-state index in [4.69, 9.17) is 22.1 Å². The van der Waals surface area contributed by atoms with Gasteiger partial charge < -0.3 is 21.1 Å². The van der Waals surface area contributed by atoms with E-state index in [0.29, 0.717) is 29.4 Å². The highest BCUT2D eigenvalue weighted by Crippen LogP contribution is 2.16. The third-order valence-electron chi connectivity index (χ3n) is 3.72. The number of nitrogens with one attached hydrogen (secondary N) is 2. The topological polar surface area (TPSA) is 128 Å². The summed E-state index contributed by atoms with van der Waals surface area (Å²) in [5.41, 5.74) is 7.95. The highest BCUT2D eigenvalue weighted by atomic mass is 35.5. The molecule has 0 saturated heterocycles. The van der Waals surface area contributed by atoms with Crippen LogP contribution in [0.5, 0.6) is 5.88 Å². The van der Waals surface area contributed by atoms with E-state index >= 15 is 0 Å². The van der Waals surface area contributed by atoms with Crippen molar-refractivity contribution in [2.75, 3.05) is 28.9 Å². The maximum Gasteiger partial charge on any atom is 0.275 e. The van der Waals surface area contributed by atoms with Crippen molar-refractivity contribution < 1.29 is 9.53 Å². The van der Waals surface area contributed by atoms with Gasteiger partial charge in [0.1, 0.15) is 11.5 Å². The Morgan fingerprint density at radius 2 is 2.03 bits per heavy atom. The fourth-order valence-corrected chi connectivity index (χ4v) is 2.41. The molecule has 3 aromatic rings. The summed E-state index contributed by atoms with van der Waals surface area (Å²) >= 11 is 5.45. The van der Waals surface area contributed by atoms with E-state index in [2.05, 4.69) is 42.4 Å². The predicted molar refractivity (Wildman–Crippen MR) is 114 cm³/mol. The minimum Gasteiger partial charge on any atom is -0.463 e. The molecule has 0 aliphatic heterocycles. The van der Waals surface area contributed by atoms with Crippen LogP contribution in [0.3, 0.4) is 0 Å². The summed E-state index contributed by atoms with van der Waals surface area (Å²) < 4.78 is 5.28. The lowest BCUT2D eigenvalue weighted by atomic mass is 10.3. The normalized spacial score (nSPS) is 9.90. The molecule has 0 fully saturated rings. The molecule has 0 bridgehead atoms. The first kappa shape index (κ1) is 20.8. The number of aromatic nitrogens is 4. The van der Waals surface area contributed by atoms with Crippen LogP contribution in [0.4, 0.5) is 17.2 Å². The molecule has 0 aromatic carbocycles. The largest absolute Gasteiger partial charge is 0.463 e. The summed E-state index contributed by atoms with van der Waals surface area (Å²) in [4.78, 5) is 28.8. The number of amides is 1. The standard InChI is InChI=1S/C20H18ClN7O2/c21-6-1-2-9-30-18-13-26-17(12-27-18)20(29)28-14-5-8-23-15(10-14)11-25-16-4-3-7-24-19(16)22/h3-5,7-8,10,12-13,25H,6,9,11H2,(H2,22,24)(H,23,28,29). The molecule has 4 N–H and O–H groups in total. The van der Waals surface area contributed by atoms with Crippen molar-refractivity contribution in [3.05, 3.63) is 60.4 Å². The highest BCUT2D eigenvalue weighted by Gasteiger charge is 2.10. The summed E-state index contributed by atoms with van der Waals surface area (Å²) in [6.07, 6.45) is 5.90. The van der Waals surface area contributed by atoms with Crippen LogP contribution in [-0.2, 0) is 6.54 Å². The molecule has 0 radical (unpaired) electrons. The van der Waals surface area contributed by atoms with E-state index < -0.39 is 5.91 Å². The first-order valence-corrected chi connectivity index (χ1v) is 9.36. The van der Waals surface area contributed by atoms with Crippen molar-refractivity contribution in [2.45, 2.75) is 6.54 Å². The monoisotopic (exact) mass is 423 g/mol. The number of anilines is 3. The molecule has 30 heavy (non-hydrogen) atoms. The highest BCUT2D eigenvalue weighted by molar-refractivity contribution is 6.19. The van der Waals surface area contributed by atoms with Crippen LogP contribution in [0.1, 0.15) is 16.2 Å². The first-order valence-electron chi connectivity index (χ1n) is 8.83. The zero-order chi connectivity index (χ0) is 21.2. The summed E-state index contributed by atoms with van der Waals surface area (Å²) in [7, 11) is 0. The van der Waals surface area contributed by atoms with Gasteiger partial charge in [-0.1, -0.05) is 11.8 Å². The van der Waals surface area contributed by atoms with E-state index in [-0.39, 0.29) is 24.1 Å². The van der Waals surface area contributed by atoms with Crippen molar-refractivity contribution in [1.29, 1.82) is 0 Å². The van der Waals surface area contributed by atoms with Gasteiger partial charge in [-0.05, 0) is 24.3 Å². The Kier molecular flexibility index (Phi) is 7.35. The zero-order valence-corrected chi connectivity index (χ0v) is 16.6. The van der Waals surface area contributed by atoms with E-state index in [0.717, 1.165) is 0 Å². The van der Waals surface area contributed by atoms with Gasteiger partial charge >= 0.3 is 0 Å². The van der Waals surface area contributed by atoms with Gasteiger partial charge in [0.05, 0.1) is 36.2 Å². The Bertz CT molecular complexity index is 1060. The summed E-state index contributed by atoms with van der Waals surface area (Å²) in [5, 5.41) is 5.92. The quantitative estimate of drug-likeness (QED) is 0.390. The van der Waals surface area contributed by atoms with Crippen molar-refractivity contribution in [1.82, 2.24) is 19.9 Å². The fourth-order valence-electron chi connectivity index (χ4n) is 2.32. The number of hydrogen-bond donors (Lipinski definition) is 3. The molecule has 3 aromatic heterocycles. The van der Waals surface area contributed by atoms with Crippen molar-refractivity contribution in [2.24, 2.45) is 0 Å². The third-order valence-corrected chi connectivity index (χ3v) is 3.85. The molecule has 1 amide bonds. The number of ether oxygens (including phenoxy) is 1. The molecule has 152 valence electrons. The molecule has 0 aliphatic carbocycles. The Balaban J connectivity index is 1.57. The van der Waals surface area contributed by atoms with E-state index in [1.54, 1.807) is 30.6 Å². The predicted octanol–water partition coefficient (Wildman–Crippen LogP) is 2.33. The fraction of sp³-hybridized carbons (Fsp3) is 0.150. The average molecular weight is 424 g/mol. The SMILES string of the molecule is Nc1ncccc1NCc1cc(NC(=O)c2cnc(OCC#CCCl)cn2)ccn1. The van der Waals surface area contributed by atoms with Gasteiger partial charge in [0.25, 0.3) is 5.91 Å². The zero-order valence-electron chi connectivity index (χ0n) is 15.8. The lowest BCUT2D eigenvalue weighted by Crippen LogP contribution is -2.15. The molecule has 0 spiro atoms. The average Bonchev–Trinajstić information content (AvgIpc) is 2.77. The molecule has 0 aliphatic rings. The van der Waals surface area contributed by atoms with Gasteiger partial charge in [0.15, 0.2) is 6.61 Å². The molecule has 0 atom stereocenters. The molecular formula is C20H18ClN7O2. The minimum atomic E-state index is -0.405.